The van der Waals surface area contributed by atoms with Gasteiger partial charge in [-0.1, -0.05) is 19.3 Å². The summed E-state index contributed by atoms with van der Waals surface area (Å²) in [5.41, 5.74) is 0.636. The van der Waals surface area contributed by atoms with E-state index in [1.807, 2.05) is 0 Å². The minimum absolute atomic E-state index is 0.216. The Morgan fingerprint density at radius 1 is 1.28 bits per heavy atom. The van der Waals surface area contributed by atoms with Gasteiger partial charge in [0, 0.05) is 32.3 Å². The number of hydrogen-bond acceptors (Lipinski definition) is 5. The van der Waals surface area contributed by atoms with Crippen molar-refractivity contribution in [3.8, 4) is 5.88 Å². The molecule has 140 valence electrons. The molecule has 0 unspecified atom stereocenters. The number of carbonyl (C=O) groups is 1. The number of rotatable bonds is 9. The molecule has 0 aromatic carbocycles. The molecule has 0 aliphatic heterocycles. The van der Waals surface area contributed by atoms with Crippen molar-refractivity contribution in [2.24, 2.45) is 0 Å². The Morgan fingerprint density at radius 2 is 2.08 bits per heavy atom. The van der Waals surface area contributed by atoms with Crippen LogP contribution in [0, 0.1) is 0 Å². The topological polar surface area (TPSA) is 75.7 Å². The van der Waals surface area contributed by atoms with Crippen molar-refractivity contribution in [3.63, 3.8) is 0 Å². The van der Waals surface area contributed by atoms with Gasteiger partial charge in [-0.2, -0.15) is 0 Å². The summed E-state index contributed by atoms with van der Waals surface area (Å²) in [6.07, 6.45) is 8.12. The van der Waals surface area contributed by atoms with Crippen LogP contribution in [-0.4, -0.2) is 62.4 Å². The van der Waals surface area contributed by atoms with E-state index in [1.54, 1.807) is 25.4 Å². The largest absolute Gasteiger partial charge is 0.475 e. The number of amides is 2. The van der Waals surface area contributed by atoms with Crippen molar-refractivity contribution in [1.82, 2.24) is 15.2 Å². The molecule has 1 aromatic heterocycles. The molecule has 7 heteroatoms. The molecule has 1 aromatic rings. The van der Waals surface area contributed by atoms with E-state index in [9.17, 15) is 4.79 Å². The van der Waals surface area contributed by atoms with Crippen LogP contribution in [0.25, 0.3) is 0 Å². The first kappa shape index (κ1) is 19.5. The van der Waals surface area contributed by atoms with Crippen LogP contribution in [0.15, 0.2) is 18.3 Å². The Morgan fingerprint density at radius 3 is 2.76 bits per heavy atom. The van der Waals surface area contributed by atoms with E-state index in [0.717, 1.165) is 6.54 Å². The van der Waals surface area contributed by atoms with Crippen molar-refractivity contribution in [3.05, 3.63) is 18.3 Å². The summed E-state index contributed by atoms with van der Waals surface area (Å²) in [5.74, 6) is 0.511. The van der Waals surface area contributed by atoms with Gasteiger partial charge >= 0.3 is 6.03 Å². The van der Waals surface area contributed by atoms with Crippen LogP contribution in [-0.2, 0) is 4.74 Å². The first-order chi connectivity index (χ1) is 12.2. The summed E-state index contributed by atoms with van der Waals surface area (Å²) in [5, 5.41) is 5.67. The predicted octanol–water partition coefficient (Wildman–Crippen LogP) is 2.49. The molecule has 1 fully saturated rings. The van der Waals surface area contributed by atoms with Gasteiger partial charge in [-0.25, -0.2) is 9.78 Å². The summed E-state index contributed by atoms with van der Waals surface area (Å²) < 4.78 is 10.3. The number of hydrogen-bond donors (Lipinski definition) is 2. The Kier molecular flexibility index (Phi) is 8.48. The van der Waals surface area contributed by atoms with Crippen molar-refractivity contribution in [1.29, 1.82) is 0 Å². The standard InChI is InChI=1S/C18H30N4O3/c1-22(16-6-4-3-5-7-16)11-10-19-18(23)21-15-8-9-17(20-14-15)25-13-12-24-2/h8-9,14,16H,3-7,10-13H2,1-2H3,(H2,19,21,23). The Bertz CT molecular complexity index is 504. The minimum atomic E-state index is -0.216. The Labute approximate surface area is 150 Å². The van der Waals surface area contributed by atoms with Crippen LogP contribution in [0.2, 0.25) is 0 Å². The fraction of sp³-hybridized carbons (Fsp3) is 0.667. The molecule has 2 N–H and O–H groups in total. The zero-order chi connectivity index (χ0) is 17.9. The summed E-state index contributed by atoms with van der Waals surface area (Å²) in [4.78, 5) is 18.4. The van der Waals surface area contributed by atoms with Gasteiger partial charge in [-0.05, 0) is 26.0 Å². The third kappa shape index (κ3) is 7.27. The van der Waals surface area contributed by atoms with Crippen LogP contribution in [0.4, 0.5) is 10.5 Å². The molecule has 2 rings (SSSR count). The lowest BCUT2D eigenvalue weighted by molar-refractivity contribution is 0.144. The maximum atomic E-state index is 11.9. The van der Waals surface area contributed by atoms with Gasteiger partial charge in [0.15, 0.2) is 0 Å². The van der Waals surface area contributed by atoms with E-state index in [0.29, 0.717) is 37.4 Å². The number of pyridine rings is 1. The highest BCUT2D eigenvalue weighted by atomic mass is 16.5. The number of likely N-dealkylation sites (N-methyl/N-ethyl adjacent to an activating group) is 1. The van der Waals surface area contributed by atoms with E-state index in [4.69, 9.17) is 9.47 Å². The zero-order valence-electron chi connectivity index (χ0n) is 15.3. The molecule has 25 heavy (non-hydrogen) atoms. The van der Waals surface area contributed by atoms with Crippen LogP contribution < -0.4 is 15.4 Å². The van der Waals surface area contributed by atoms with Crippen molar-refractivity contribution < 1.29 is 14.3 Å². The minimum Gasteiger partial charge on any atom is -0.475 e. The molecule has 1 heterocycles. The summed E-state index contributed by atoms with van der Waals surface area (Å²) in [6, 6.07) is 3.94. The molecule has 1 saturated carbocycles. The van der Waals surface area contributed by atoms with E-state index in [-0.39, 0.29) is 6.03 Å². The molecule has 2 amide bonds. The second-order valence-electron chi connectivity index (χ2n) is 6.38. The van der Waals surface area contributed by atoms with Crippen LogP contribution in [0.1, 0.15) is 32.1 Å². The third-order valence-electron chi connectivity index (χ3n) is 4.48. The summed E-state index contributed by atoms with van der Waals surface area (Å²) in [6.45, 7) is 2.46. The monoisotopic (exact) mass is 350 g/mol. The third-order valence-corrected chi connectivity index (χ3v) is 4.48. The number of aromatic nitrogens is 1. The normalized spacial score (nSPS) is 15.2. The number of ether oxygens (including phenoxy) is 2. The van der Waals surface area contributed by atoms with Crippen LogP contribution in [0.5, 0.6) is 5.88 Å². The number of methoxy groups -OCH3 is 1. The smallest absolute Gasteiger partial charge is 0.319 e. The number of nitrogens with one attached hydrogen (secondary N) is 2. The lowest BCUT2D eigenvalue weighted by Crippen LogP contribution is -2.40. The van der Waals surface area contributed by atoms with Gasteiger partial charge in [0.05, 0.1) is 18.5 Å². The Hall–Kier alpha value is -1.86. The fourth-order valence-electron chi connectivity index (χ4n) is 2.99. The first-order valence-corrected chi connectivity index (χ1v) is 9.02. The summed E-state index contributed by atoms with van der Waals surface area (Å²) in [7, 11) is 3.76. The van der Waals surface area contributed by atoms with Crippen molar-refractivity contribution in [2.45, 2.75) is 38.1 Å². The van der Waals surface area contributed by atoms with Gasteiger partial charge in [-0.15, -0.1) is 0 Å². The van der Waals surface area contributed by atoms with Gasteiger partial charge in [0.1, 0.15) is 6.61 Å². The molecule has 0 spiro atoms. The highest BCUT2D eigenvalue weighted by Gasteiger charge is 2.17. The molecule has 0 bridgehead atoms. The molecule has 0 radical (unpaired) electrons. The average Bonchev–Trinajstić information content (AvgIpc) is 2.64. The zero-order valence-corrected chi connectivity index (χ0v) is 15.3. The van der Waals surface area contributed by atoms with E-state index < -0.39 is 0 Å². The van der Waals surface area contributed by atoms with Gasteiger partial charge in [0.2, 0.25) is 5.88 Å². The second kappa shape index (κ2) is 10.9. The molecule has 7 nitrogen and oxygen atoms in total. The lowest BCUT2D eigenvalue weighted by Gasteiger charge is -2.31. The lowest BCUT2D eigenvalue weighted by atomic mass is 9.94. The second-order valence-corrected chi connectivity index (χ2v) is 6.38. The SMILES string of the molecule is COCCOc1ccc(NC(=O)NCCN(C)C2CCCCC2)cn1. The molecule has 0 saturated heterocycles. The quantitative estimate of drug-likeness (QED) is 0.669. The number of anilines is 1. The number of nitrogens with zero attached hydrogens (tertiary/aromatic N) is 2. The fourth-order valence-corrected chi connectivity index (χ4v) is 2.99. The van der Waals surface area contributed by atoms with Gasteiger partial charge in [-0.3, -0.25) is 0 Å². The average molecular weight is 350 g/mol. The van der Waals surface area contributed by atoms with Crippen molar-refractivity contribution >= 4 is 11.7 Å². The van der Waals surface area contributed by atoms with E-state index >= 15 is 0 Å². The maximum Gasteiger partial charge on any atom is 0.319 e. The maximum absolute atomic E-state index is 11.9. The number of carbonyl (C=O) groups excluding carboxylic acids is 1. The first-order valence-electron chi connectivity index (χ1n) is 9.02. The predicted molar refractivity (Wildman–Crippen MR) is 98.1 cm³/mol. The molecular weight excluding hydrogens is 320 g/mol. The van der Waals surface area contributed by atoms with Crippen molar-refractivity contribution in [2.75, 3.05) is 45.8 Å². The van der Waals surface area contributed by atoms with Crippen LogP contribution in [0.3, 0.4) is 0 Å². The van der Waals surface area contributed by atoms with Gasteiger partial charge < -0.3 is 25.0 Å². The van der Waals surface area contributed by atoms with Crippen LogP contribution >= 0.6 is 0 Å². The highest BCUT2D eigenvalue weighted by Crippen LogP contribution is 2.21. The molecule has 0 atom stereocenters. The molecule has 1 aliphatic carbocycles. The number of urea groups is 1. The highest BCUT2D eigenvalue weighted by molar-refractivity contribution is 5.88. The molecule has 1 aliphatic rings. The molecular formula is C18H30N4O3. The Balaban J connectivity index is 1.64. The van der Waals surface area contributed by atoms with Gasteiger partial charge in [0.25, 0.3) is 0 Å². The van der Waals surface area contributed by atoms with E-state index in [2.05, 4.69) is 27.6 Å². The summed E-state index contributed by atoms with van der Waals surface area (Å²) >= 11 is 0. The van der Waals surface area contributed by atoms with E-state index in [1.165, 1.54) is 32.1 Å².